The lowest BCUT2D eigenvalue weighted by molar-refractivity contribution is 0.122. The van der Waals surface area contributed by atoms with Crippen molar-refractivity contribution in [2.24, 2.45) is 0 Å². The van der Waals surface area contributed by atoms with Gasteiger partial charge < -0.3 is 10.1 Å². The number of benzene rings is 1. The standard InChI is InChI=1S/C13H22N2O3S/c1-4-14-10-12-6-5-7-13(8-12)19(16,17)15-9-11(2)18-3/h5-8,11,14-15H,4,9-10H2,1-3H3. The van der Waals surface area contributed by atoms with Crippen molar-refractivity contribution in [3.8, 4) is 0 Å². The highest BCUT2D eigenvalue weighted by molar-refractivity contribution is 7.89. The Bertz CT molecular complexity index is 488. The first-order valence-electron chi connectivity index (χ1n) is 6.31. The molecular weight excluding hydrogens is 264 g/mol. The van der Waals surface area contributed by atoms with Crippen LogP contribution in [-0.4, -0.2) is 34.7 Å². The zero-order chi connectivity index (χ0) is 14.3. The fourth-order valence-corrected chi connectivity index (χ4v) is 2.67. The van der Waals surface area contributed by atoms with E-state index in [-0.39, 0.29) is 17.5 Å². The van der Waals surface area contributed by atoms with Gasteiger partial charge in [0.2, 0.25) is 10.0 Å². The van der Waals surface area contributed by atoms with E-state index in [4.69, 9.17) is 4.74 Å². The minimum atomic E-state index is -3.47. The predicted octanol–water partition coefficient (Wildman–Crippen LogP) is 1.11. The van der Waals surface area contributed by atoms with Gasteiger partial charge in [-0.15, -0.1) is 0 Å². The minimum Gasteiger partial charge on any atom is -0.380 e. The third kappa shape index (κ3) is 5.28. The lowest BCUT2D eigenvalue weighted by Crippen LogP contribution is -2.31. The average molecular weight is 286 g/mol. The molecule has 5 nitrogen and oxygen atoms in total. The second-order valence-corrected chi connectivity index (χ2v) is 6.09. The Hall–Kier alpha value is -0.950. The van der Waals surface area contributed by atoms with Crippen LogP contribution in [0.5, 0.6) is 0 Å². The zero-order valence-corrected chi connectivity index (χ0v) is 12.5. The molecule has 0 bridgehead atoms. The van der Waals surface area contributed by atoms with E-state index in [1.807, 2.05) is 19.9 Å². The minimum absolute atomic E-state index is 0.153. The molecule has 19 heavy (non-hydrogen) atoms. The molecule has 1 atom stereocenters. The summed E-state index contributed by atoms with van der Waals surface area (Å²) in [5, 5.41) is 3.17. The van der Waals surface area contributed by atoms with Crippen molar-refractivity contribution in [3.05, 3.63) is 29.8 Å². The lowest BCUT2D eigenvalue weighted by Gasteiger charge is -2.12. The lowest BCUT2D eigenvalue weighted by atomic mass is 10.2. The van der Waals surface area contributed by atoms with Crippen LogP contribution in [0.15, 0.2) is 29.2 Å². The highest BCUT2D eigenvalue weighted by Gasteiger charge is 2.15. The molecule has 0 saturated carbocycles. The predicted molar refractivity (Wildman–Crippen MR) is 75.5 cm³/mol. The average Bonchev–Trinajstić information content (AvgIpc) is 2.43. The van der Waals surface area contributed by atoms with Crippen molar-refractivity contribution in [2.75, 3.05) is 20.2 Å². The molecule has 0 aliphatic carbocycles. The normalized spacial score (nSPS) is 13.4. The van der Waals surface area contributed by atoms with Gasteiger partial charge in [0.1, 0.15) is 0 Å². The zero-order valence-electron chi connectivity index (χ0n) is 11.6. The van der Waals surface area contributed by atoms with Gasteiger partial charge in [-0.2, -0.15) is 0 Å². The summed E-state index contributed by atoms with van der Waals surface area (Å²) in [6, 6.07) is 6.93. The number of rotatable bonds is 8. The maximum absolute atomic E-state index is 12.1. The molecule has 0 saturated heterocycles. The van der Waals surface area contributed by atoms with Gasteiger partial charge in [0.25, 0.3) is 0 Å². The third-order valence-electron chi connectivity index (χ3n) is 2.75. The van der Waals surface area contributed by atoms with Gasteiger partial charge in [0.15, 0.2) is 0 Å². The van der Waals surface area contributed by atoms with Crippen LogP contribution in [0.1, 0.15) is 19.4 Å². The van der Waals surface area contributed by atoms with Crippen molar-refractivity contribution < 1.29 is 13.2 Å². The van der Waals surface area contributed by atoms with Crippen LogP contribution in [0.2, 0.25) is 0 Å². The van der Waals surface area contributed by atoms with Gasteiger partial charge in [0.05, 0.1) is 11.0 Å². The Morgan fingerprint density at radius 1 is 1.37 bits per heavy atom. The topological polar surface area (TPSA) is 67.4 Å². The summed E-state index contributed by atoms with van der Waals surface area (Å²) in [4.78, 5) is 0.284. The highest BCUT2D eigenvalue weighted by Crippen LogP contribution is 2.11. The summed E-state index contributed by atoms with van der Waals surface area (Å²) in [6.07, 6.45) is -0.153. The van der Waals surface area contributed by atoms with Crippen molar-refractivity contribution in [1.82, 2.24) is 10.0 Å². The molecule has 108 valence electrons. The molecule has 2 N–H and O–H groups in total. The summed E-state index contributed by atoms with van der Waals surface area (Å²) in [5.74, 6) is 0. The molecule has 0 spiro atoms. The maximum atomic E-state index is 12.1. The Morgan fingerprint density at radius 2 is 2.11 bits per heavy atom. The Kier molecular flexibility index (Phi) is 6.44. The number of ether oxygens (including phenoxy) is 1. The maximum Gasteiger partial charge on any atom is 0.240 e. The first-order chi connectivity index (χ1) is 8.99. The molecule has 6 heteroatoms. The number of sulfonamides is 1. The highest BCUT2D eigenvalue weighted by atomic mass is 32.2. The SMILES string of the molecule is CCNCc1cccc(S(=O)(=O)NCC(C)OC)c1. The van der Waals surface area contributed by atoms with E-state index in [0.717, 1.165) is 12.1 Å². The van der Waals surface area contributed by atoms with Crippen LogP contribution in [0.3, 0.4) is 0 Å². The van der Waals surface area contributed by atoms with Gasteiger partial charge in [-0.25, -0.2) is 13.1 Å². The number of hydrogen-bond donors (Lipinski definition) is 2. The molecule has 0 aromatic heterocycles. The van der Waals surface area contributed by atoms with E-state index < -0.39 is 10.0 Å². The van der Waals surface area contributed by atoms with Crippen LogP contribution in [0.4, 0.5) is 0 Å². The van der Waals surface area contributed by atoms with Crippen molar-refractivity contribution in [1.29, 1.82) is 0 Å². The van der Waals surface area contributed by atoms with Crippen LogP contribution in [0, 0.1) is 0 Å². The fourth-order valence-electron chi connectivity index (χ4n) is 1.49. The van der Waals surface area contributed by atoms with E-state index in [1.165, 1.54) is 0 Å². The van der Waals surface area contributed by atoms with E-state index in [1.54, 1.807) is 25.3 Å². The molecule has 0 aliphatic rings. The number of hydrogen-bond acceptors (Lipinski definition) is 4. The molecule has 1 rings (SSSR count). The second kappa shape index (κ2) is 7.59. The van der Waals surface area contributed by atoms with E-state index in [9.17, 15) is 8.42 Å². The summed E-state index contributed by atoms with van der Waals surface area (Å²) < 4.78 is 31.7. The van der Waals surface area contributed by atoms with E-state index in [0.29, 0.717) is 6.54 Å². The summed E-state index contributed by atoms with van der Waals surface area (Å²) >= 11 is 0. The Labute approximate surface area is 115 Å². The van der Waals surface area contributed by atoms with Crippen LogP contribution < -0.4 is 10.0 Å². The van der Waals surface area contributed by atoms with Crippen LogP contribution >= 0.6 is 0 Å². The Balaban J connectivity index is 2.77. The molecule has 0 radical (unpaired) electrons. The largest absolute Gasteiger partial charge is 0.380 e. The second-order valence-electron chi connectivity index (χ2n) is 4.33. The molecule has 1 unspecified atom stereocenters. The Morgan fingerprint density at radius 3 is 2.74 bits per heavy atom. The van der Waals surface area contributed by atoms with Gasteiger partial charge in [-0.05, 0) is 31.2 Å². The third-order valence-corrected chi connectivity index (χ3v) is 4.17. The van der Waals surface area contributed by atoms with Gasteiger partial charge in [-0.1, -0.05) is 19.1 Å². The first kappa shape index (κ1) is 16.1. The van der Waals surface area contributed by atoms with Crippen LogP contribution in [0.25, 0.3) is 0 Å². The number of nitrogens with one attached hydrogen (secondary N) is 2. The smallest absolute Gasteiger partial charge is 0.240 e. The first-order valence-corrected chi connectivity index (χ1v) is 7.80. The quantitative estimate of drug-likeness (QED) is 0.751. The molecule has 1 aromatic rings. The van der Waals surface area contributed by atoms with Gasteiger partial charge in [-0.3, -0.25) is 0 Å². The van der Waals surface area contributed by atoms with Crippen LogP contribution in [-0.2, 0) is 21.3 Å². The van der Waals surface area contributed by atoms with Crippen molar-refractivity contribution >= 4 is 10.0 Å². The van der Waals surface area contributed by atoms with Gasteiger partial charge >= 0.3 is 0 Å². The van der Waals surface area contributed by atoms with E-state index >= 15 is 0 Å². The molecule has 0 amide bonds. The van der Waals surface area contributed by atoms with E-state index in [2.05, 4.69) is 10.0 Å². The van der Waals surface area contributed by atoms with Crippen molar-refractivity contribution in [2.45, 2.75) is 31.4 Å². The molecule has 0 aliphatic heterocycles. The van der Waals surface area contributed by atoms with Crippen molar-refractivity contribution in [3.63, 3.8) is 0 Å². The molecule has 1 aromatic carbocycles. The fraction of sp³-hybridized carbons (Fsp3) is 0.538. The number of methoxy groups -OCH3 is 1. The molecule has 0 fully saturated rings. The summed E-state index contributed by atoms with van der Waals surface area (Å²) in [7, 11) is -1.92. The summed E-state index contributed by atoms with van der Waals surface area (Å²) in [6.45, 7) is 5.59. The van der Waals surface area contributed by atoms with Gasteiger partial charge in [0, 0.05) is 20.2 Å². The molecular formula is C13H22N2O3S. The molecule has 0 heterocycles. The summed E-state index contributed by atoms with van der Waals surface area (Å²) in [5.41, 5.74) is 0.949. The monoisotopic (exact) mass is 286 g/mol.